The second-order valence-corrected chi connectivity index (χ2v) is 2.84. The van der Waals surface area contributed by atoms with E-state index in [0.717, 1.165) is 0 Å². The van der Waals surface area contributed by atoms with Crippen LogP contribution in [0.2, 0.25) is 0 Å². The van der Waals surface area contributed by atoms with E-state index in [9.17, 15) is 9.59 Å². The van der Waals surface area contributed by atoms with E-state index in [1.165, 1.54) is 4.81 Å². The standard InChI is InChI=1S/C4H10B3N3O2/c8-2-1-3(11)10(4(2)12)7-5-6-9/h2,5-7H,1,8-9H2. The summed E-state index contributed by atoms with van der Waals surface area (Å²) in [6.45, 7) is 0. The number of amides is 2. The minimum absolute atomic E-state index is 0.142. The van der Waals surface area contributed by atoms with Gasteiger partial charge in [-0.3, -0.25) is 9.59 Å². The van der Waals surface area contributed by atoms with Crippen molar-refractivity contribution in [3.8, 4) is 0 Å². The quantitative estimate of drug-likeness (QED) is 0.329. The van der Waals surface area contributed by atoms with Crippen LogP contribution in [-0.4, -0.2) is 44.3 Å². The molecule has 12 heavy (non-hydrogen) atoms. The fraction of sp³-hybridized carbons (Fsp3) is 0.500. The lowest BCUT2D eigenvalue weighted by molar-refractivity contribution is -0.132. The van der Waals surface area contributed by atoms with Crippen LogP contribution in [0.1, 0.15) is 6.42 Å². The molecule has 1 aliphatic rings. The van der Waals surface area contributed by atoms with E-state index in [0.29, 0.717) is 21.7 Å². The van der Waals surface area contributed by atoms with Gasteiger partial charge in [-0.2, -0.15) is 0 Å². The van der Waals surface area contributed by atoms with E-state index >= 15 is 0 Å². The number of nitrogens with two attached hydrogens (primary N) is 2. The molecule has 1 atom stereocenters. The van der Waals surface area contributed by atoms with E-state index in [1.54, 1.807) is 0 Å². The molecule has 5 nitrogen and oxygen atoms in total. The highest BCUT2D eigenvalue weighted by atomic mass is 16.2. The van der Waals surface area contributed by atoms with Crippen LogP contribution in [0.4, 0.5) is 0 Å². The molecule has 8 heteroatoms. The second-order valence-electron chi connectivity index (χ2n) is 2.84. The summed E-state index contributed by atoms with van der Waals surface area (Å²) in [5.41, 5.74) is 10.6. The number of hydrogen-bond donors (Lipinski definition) is 2. The summed E-state index contributed by atoms with van der Waals surface area (Å²) in [6, 6.07) is -0.629. The molecular weight excluding hydrogens is 154 g/mol. The normalized spacial score (nSPS) is 22.8. The molecule has 0 aromatic carbocycles. The van der Waals surface area contributed by atoms with Crippen molar-refractivity contribution in [1.82, 2.24) is 4.81 Å². The van der Waals surface area contributed by atoms with Crippen LogP contribution in [0.5, 0.6) is 0 Å². The largest absolute Gasteiger partial charge is 0.380 e. The molecular formula is C4H10B3N3O2. The SMILES string of the molecule is NBBBN1C(=O)CC(N)C1=O. The third kappa shape index (κ3) is 1.70. The first-order chi connectivity index (χ1) is 5.66. The van der Waals surface area contributed by atoms with Crippen molar-refractivity contribution in [2.45, 2.75) is 12.5 Å². The third-order valence-electron chi connectivity index (χ3n) is 1.86. The first kappa shape index (κ1) is 9.34. The highest BCUT2D eigenvalue weighted by Gasteiger charge is 2.35. The van der Waals surface area contributed by atoms with Gasteiger partial charge in [0.2, 0.25) is 19.1 Å². The molecule has 0 aromatic heterocycles. The van der Waals surface area contributed by atoms with Crippen LogP contribution in [0.15, 0.2) is 0 Å². The minimum Gasteiger partial charge on any atom is -0.380 e. The fourth-order valence-corrected chi connectivity index (χ4v) is 1.19. The van der Waals surface area contributed by atoms with Crippen molar-refractivity contribution < 1.29 is 9.59 Å². The number of hydrogen-bond acceptors (Lipinski definition) is 4. The molecule has 1 heterocycles. The van der Waals surface area contributed by atoms with Gasteiger partial charge in [-0.05, 0) is 0 Å². The Kier molecular flexibility index (Phi) is 2.94. The predicted octanol–water partition coefficient (Wildman–Crippen LogP) is -4.00. The van der Waals surface area contributed by atoms with Gasteiger partial charge < -0.3 is 16.2 Å². The average molecular weight is 165 g/mol. The lowest BCUT2D eigenvalue weighted by atomic mass is 9.28. The Balaban J connectivity index is 2.52. The summed E-state index contributed by atoms with van der Waals surface area (Å²) in [4.78, 5) is 23.4. The van der Waals surface area contributed by atoms with Crippen LogP contribution < -0.4 is 11.4 Å². The minimum atomic E-state index is -0.629. The number of imide groups is 1. The summed E-state index contributed by atoms with van der Waals surface area (Å²) < 4.78 is 0. The second kappa shape index (κ2) is 3.77. The van der Waals surface area contributed by atoms with E-state index in [2.05, 4.69) is 0 Å². The zero-order chi connectivity index (χ0) is 9.14. The molecule has 1 aliphatic heterocycles. The summed E-state index contributed by atoms with van der Waals surface area (Å²) in [5, 5.41) is 0. The Bertz CT molecular complexity index is 212. The Labute approximate surface area is 72.6 Å². The van der Waals surface area contributed by atoms with Gasteiger partial charge in [0, 0.05) is 0 Å². The van der Waals surface area contributed by atoms with Crippen LogP contribution in [0.25, 0.3) is 0 Å². The maximum Gasteiger partial charge on any atom is 0.233 e. The first-order valence-electron chi connectivity index (χ1n) is 3.96. The maximum absolute atomic E-state index is 11.2. The van der Waals surface area contributed by atoms with Crippen molar-refractivity contribution in [3.05, 3.63) is 0 Å². The van der Waals surface area contributed by atoms with Gasteiger partial charge in [0.15, 0.2) is 7.31 Å². The van der Waals surface area contributed by atoms with Gasteiger partial charge in [0.1, 0.15) is 7.06 Å². The van der Waals surface area contributed by atoms with Crippen molar-refractivity contribution in [2.24, 2.45) is 11.4 Å². The predicted molar refractivity (Wildman–Crippen MR) is 50.1 cm³/mol. The van der Waals surface area contributed by atoms with Crippen molar-refractivity contribution in [2.75, 3.05) is 0 Å². The first-order valence-corrected chi connectivity index (χ1v) is 3.96. The van der Waals surface area contributed by atoms with Crippen LogP contribution in [-0.2, 0) is 9.59 Å². The van der Waals surface area contributed by atoms with Crippen molar-refractivity contribution in [1.29, 1.82) is 0 Å². The molecule has 2 amide bonds. The highest BCUT2D eigenvalue weighted by molar-refractivity contribution is 7.28. The Morgan fingerprint density at radius 3 is 2.58 bits per heavy atom. The number of rotatable bonds is 3. The maximum atomic E-state index is 11.2. The van der Waals surface area contributed by atoms with E-state index < -0.39 is 6.04 Å². The topological polar surface area (TPSA) is 89.4 Å². The lowest BCUT2D eigenvalue weighted by Crippen LogP contribution is -2.42. The van der Waals surface area contributed by atoms with E-state index in [4.69, 9.17) is 11.4 Å². The molecule has 0 aromatic rings. The Morgan fingerprint density at radius 2 is 2.17 bits per heavy atom. The number of nitrogens with zero attached hydrogens (tertiary/aromatic N) is 1. The molecule has 0 spiro atoms. The number of carbonyl (C=O) groups excluding carboxylic acids is 2. The van der Waals surface area contributed by atoms with Crippen molar-refractivity contribution in [3.63, 3.8) is 0 Å². The summed E-state index contributed by atoms with van der Waals surface area (Å²) in [5.74, 6) is -0.450. The van der Waals surface area contributed by atoms with Gasteiger partial charge in [0.05, 0.1) is 12.5 Å². The molecule has 62 valence electrons. The van der Waals surface area contributed by atoms with Crippen LogP contribution in [0.3, 0.4) is 0 Å². The fourth-order valence-electron chi connectivity index (χ4n) is 1.19. The molecule has 0 bridgehead atoms. The van der Waals surface area contributed by atoms with E-state index in [1.807, 2.05) is 0 Å². The summed E-state index contributed by atoms with van der Waals surface area (Å²) in [7, 11) is 1.53. The molecule has 0 saturated carbocycles. The van der Waals surface area contributed by atoms with Gasteiger partial charge >= 0.3 is 0 Å². The third-order valence-corrected chi connectivity index (χ3v) is 1.86. The molecule has 1 rings (SSSR count). The van der Waals surface area contributed by atoms with Gasteiger partial charge in [-0.25, -0.2) is 0 Å². The van der Waals surface area contributed by atoms with Gasteiger partial charge in [-0.1, -0.05) is 0 Å². The molecule has 1 unspecified atom stereocenters. The van der Waals surface area contributed by atoms with Crippen LogP contribution in [0, 0.1) is 0 Å². The van der Waals surface area contributed by atoms with Gasteiger partial charge in [0.25, 0.3) is 0 Å². The average Bonchev–Trinajstić information content (AvgIpc) is 2.25. The molecule has 0 aliphatic carbocycles. The van der Waals surface area contributed by atoms with Crippen LogP contribution >= 0.6 is 0 Å². The molecule has 1 saturated heterocycles. The van der Waals surface area contributed by atoms with E-state index in [-0.39, 0.29) is 18.2 Å². The summed E-state index contributed by atoms with van der Waals surface area (Å²) in [6.07, 6.45) is 0.142. The molecule has 4 N–H and O–H groups in total. The molecule has 0 radical (unpaired) electrons. The molecule has 1 fully saturated rings. The monoisotopic (exact) mass is 165 g/mol. The summed E-state index contributed by atoms with van der Waals surface area (Å²) >= 11 is 0. The smallest absolute Gasteiger partial charge is 0.233 e. The zero-order valence-electron chi connectivity index (χ0n) is 6.82. The lowest BCUT2D eigenvalue weighted by Gasteiger charge is -2.11. The van der Waals surface area contributed by atoms with Crippen molar-refractivity contribution >= 4 is 33.5 Å². The Hall–Kier alpha value is -0.745. The Morgan fingerprint density at radius 1 is 1.50 bits per heavy atom. The number of carbonyl (C=O) groups is 2. The zero-order valence-corrected chi connectivity index (χ0v) is 6.82. The van der Waals surface area contributed by atoms with Gasteiger partial charge in [-0.15, -0.1) is 0 Å². The highest BCUT2D eigenvalue weighted by Crippen LogP contribution is 2.08.